The van der Waals surface area contributed by atoms with Crippen molar-refractivity contribution >= 4 is 11.4 Å². The van der Waals surface area contributed by atoms with E-state index in [0.717, 1.165) is 29.1 Å². The van der Waals surface area contributed by atoms with Crippen LogP contribution in [0.5, 0.6) is 0 Å². The van der Waals surface area contributed by atoms with Crippen LogP contribution in [0.2, 0.25) is 0 Å². The highest BCUT2D eigenvalue weighted by atomic mass is 16.6. The molecule has 0 bridgehead atoms. The Bertz CT molecular complexity index is 611. The first kappa shape index (κ1) is 13.7. The Labute approximate surface area is 121 Å². The molecule has 0 saturated heterocycles. The standard InChI is InChI=1S/C14H15N3O4/c18-15-9-14(10-5-7-11(8-6-10)17(20)21)16(19)13-4-2-1-3-12(13)15/h5-9,12-13H,1-4H2/t12-,13-/m0/s1. The average Bonchev–Trinajstić information content (AvgIpc) is 2.51. The fraction of sp³-hybridized carbons (Fsp3) is 0.429. The lowest BCUT2D eigenvalue weighted by Gasteiger charge is -2.44. The minimum absolute atomic E-state index is 0.0397. The van der Waals surface area contributed by atoms with Crippen molar-refractivity contribution in [2.24, 2.45) is 0 Å². The molecule has 0 N–H and O–H groups in total. The maximum absolute atomic E-state index is 12.5. The summed E-state index contributed by atoms with van der Waals surface area (Å²) in [6.45, 7) is 0. The van der Waals surface area contributed by atoms with Crippen LogP contribution in [0.4, 0.5) is 5.69 Å². The first-order chi connectivity index (χ1) is 10.1. The van der Waals surface area contributed by atoms with Gasteiger partial charge in [-0.3, -0.25) is 10.1 Å². The van der Waals surface area contributed by atoms with E-state index < -0.39 is 4.92 Å². The number of benzene rings is 1. The molecule has 1 saturated carbocycles. The van der Waals surface area contributed by atoms with Crippen molar-refractivity contribution in [3.63, 3.8) is 0 Å². The molecule has 7 heteroatoms. The van der Waals surface area contributed by atoms with E-state index in [1.807, 2.05) is 0 Å². The predicted molar refractivity (Wildman–Crippen MR) is 76.0 cm³/mol. The van der Waals surface area contributed by atoms with Gasteiger partial charge in [0, 0.05) is 33.8 Å². The number of hydroxylamine groups is 2. The largest absolute Gasteiger partial charge is 0.758 e. The SMILES string of the molecule is O=[N+]([O-])c1ccc(C2=C[N+](=O)[C@H]3CCCC[C@@H]3N2[O-])cc1. The number of fused-ring (bicyclic) bond motifs is 1. The van der Waals surface area contributed by atoms with Gasteiger partial charge < -0.3 is 10.3 Å². The highest BCUT2D eigenvalue weighted by molar-refractivity contribution is 5.65. The molecule has 1 aliphatic heterocycles. The van der Waals surface area contributed by atoms with Crippen molar-refractivity contribution in [1.29, 1.82) is 0 Å². The zero-order valence-electron chi connectivity index (χ0n) is 11.3. The molecule has 0 spiro atoms. The molecule has 1 aromatic carbocycles. The van der Waals surface area contributed by atoms with E-state index in [1.165, 1.54) is 30.5 Å². The molecular weight excluding hydrogens is 274 g/mol. The molecule has 0 amide bonds. The van der Waals surface area contributed by atoms with E-state index in [9.17, 15) is 20.2 Å². The lowest BCUT2D eigenvalue weighted by molar-refractivity contribution is -0.536. The number of nitro benzene ring substituents is 1. The summed E-state index contributed by atoms with van der Waals surface area (Å²) in [5.74, 6) is 0. The van der Waals surface area contributed by atoms with Gasteiger partial charge in [-0.15, -0.1) is 0 Å². The van der Waals surface area contributed by atoms with Crippen LogP contribution in [-0.4, -0.2) is 26.8 Å². The zero-order chi connectivity index (χ0) is 15.0. The summed E-state index contributed by atoms with van der Waals surface area (Å²) in [6.07, 6.45) is 4.66. The average molecular weight is 289 g/mol. The van der Waals surface area contributed by atoms with E-state index in [4.69, 9.17) is 0 Å². The summed E-state index contributed by atoms with van der Waals surface area (Å²) < 4.78 is 0.870. The van der Waals surface area contributed by atoms with Crippen molar-refractivity contribution in [3.8, 4) is 0 Å². The fourth-order valence-electron chi connectivity index (χ4n) is 3.07. The van der Waals surface area contributed by atoms with Gasteiger partial charge in [0.15, 0.2) is 0 Å². The monoisotopic (exact) mass is 289 g/mol. The molecule has 3 rings (SSSR count). The van der Waals surface area contributed by atoms with Gasteiger partial charge in [0.2, 0.25) is 12.2 Å². The van der Waals surface area contributed by atoms with Gasteiger partial charge in [-0.2, -0.15) is 0 Å². The third-order valence-electron chi connectivity index (χ3n) is 4.18. The van der Waals surface area contributed by atoms with Crippen LogP contribution in [0, 0.1) is 20.2 Å². The predicted octanol–water partition coefficient (Wildman–Crippen LogP) is 2.80. The van der Waals surface area contributed by atoms with Gasteiger partial charge >= 0.3 is 0 Å². The molecule has 0 unspecified atom stereocenters. The molecule has 2 atom stereocenters. The molecule has 1 heterocycles. The van der Waals surface area contributed by atoms with Crippen molar-refractivity contribution in [2.75, 3.05) is 0 Å². The van der Waals surface area contributed by atoms with Gasteiger partial charge in [0.05, 0.1) is 11.0 Å². The summed E-state index contributed by atoms with van der Waals surface area (Å²) >= 11 is 0. The maximum atomic E-state index is 12.5. The highest BCUT2D eigenvalue weighted by Crippen LogP contribution is 2.34. The number of hydrogen-bond acceptors (Lipinski definition) is 5. The Morgan fingerprint density at radius 3 is 2.52 bits per heavy atom. The van der Waals surface area contributed by atoms with Crippen LogP contribution in [0.15, 0.2) is 30.5 Å². The number of nitrogens with zero attached hydrogens (tertiary/aromatic N) is 3. The second kappa shape index (κ2) is 5.25. The third kappa shape index (κ3) is 2.40. The summed E-state index contributed by atoms with van der Waals surface area (Å²) in [6, 6.07) is 5.08. The zero-order valence-corrected chi connectivity index (χ0v) is 11.3. The van der Waals surface area contributed by atoms with Crippen LogP contribution in [0.25, 0.3) is 5.70 Å². The maximum Gasteiger partial charge on any atom is 0.269 e. The summed E-state index contributed by atoms with van der Waals surface area (Å²) in [7, 11) is 0. The summed E-state index contributed by atoms with van der Waals surface area (Å²) in [5.41, 5.74) is 0.769. The highest BCUT2D eigenvalue weighted by Gasteiger charge is 2.41. The Morgan fingerprint density at radius 1 is 1.19 bits per heavy atom. The quantitative estimate of drug-likeness (QED) is 0.474. The van der Waals surface area contributed by atoms with Gasteiger partial charge in [-0.1, -0.05) is 6.42 Å². The van der Waals surface area contributed by atoms with Crippen LogP contribution in [0.3, 0.4) is 0 Å². The van der Waals surface area contributed by atoms with Gasteiger partial charge in [0.1, 0.15) is 5.70 Å². The van der Waals surface area contributed by atoms with E-state index in [2.05, 4.69) is 0 Å². The smallest absolute Gasteiger partial charge is 0.269 e. The molecule has 2 aliphatic rings. The number of rotatable bonds is 2. The molecule has 1 fully saturated rings. The molecule has 1 aromatic rings. The minimum Gasteiger partial charge on any atom is -0.758 e. The van der Waals surface area contributed by atoms with Crippen molar-refractivity contribution in [2.45, 2.75) is 37.8 Å². The fourth-order valence-corrected chi connectivity index (χ4v) is 3.07. The van der Waals surface area contributed by atoms with E-state index >= 15 is 0 Å². The van der Waals surface area contributed by atoms with Crippen molar-refractivity contribution in [1.82, 2.24) is 5.06 Å². The first-order valence-corrected chi connectivity index (χ1v) is 6.96. The molecule has 7 nitrogen and oxygen atoms in total. The topological polar surface area (TPSA) is 89.5 Å². The Balaban J connectivity index is 1.93. The second-order valence-electron chi connectivity index (χ2n) is 5.42. The Morgan fingerprint density at radius 2 is 1.86 bits per heavy atom. The van der Waals surface area contributed by atoms with Gasteiger partial charge in [-0.25, -0.2) is 0 Å². The first-order valence-electron chi connectivity index (χ1n) is 6.96. The summed E-state index contributed by atoms with van der Waals surface area (Å²) in [4.78, 5) is 22.3. The molecule has 21 heavy (non-hydrogen) atoms. The molecule has 0 aromatic heterocycles. The van der Waals surface area contributed by atoms with E-state index in [-0.39, 0.29) is 23.5 Å². The number of nitro groups is 1. The van der Waals surface area contributed by atoms with Gasteiger partial charge in [0.25, 0.3) is 5.69 Å². The number of hydrogen-bond donors (Lipinski definition) is 0. The second-order valence-corrected chi connectivity index (χ2v) is 5.42. The van der Waals surface area contributed by atoms with Crippen molar-refractivity contribution < 1.29 is 9.68 Å². The molecular formula is C14H15N3O4. The summed E-state index contributed by atoms with van der Waals surface area (Å²) in [5, 5.41) is 24.0. The number of nitroso groups, excluding NO2 is 1. The third-order valence-corrected chi connectivity index (χ3v) is 4.18. The van der Waals surface area contributed by atoms with Crippen LogP contribution < -0.4 is 0 Å². The molecule has 1 aliphatic carbocycles. The van der Waals surface area contributed by atoms with E-state index in [0.29, 0.717) is 12.0 Å². The van der Waals surface area contributed by atoms with Crippen LogP contribution in [0.1, 0.15) is 31.2 Å². The normalized spacial score (nSPS) is 25.3. The lowest BCUT2D eigenvalue weighted by Crippen LogP contribution is -2.49. The minimum atomic E-state index is -0.495. The number of non-ortho nitro benzene ring substituents is 1. The molecule has 110 valence electrons. The molecule has 0 radical (unpaired) electrons. The Kier molecular flexibility index (Phi) is 3.42. The van der Waals surface area contributed by atoms with E-state index in [1.54, 1.807) is 0 Å². The van der Waals surface area contributed by atoms with Crippen LogP contribution >= 0.6 is 0 Å². The van der Waals surface area contributed by atoms with Crippen LogP contribution in [-0.2, 0) is 0 Å². The Hall–Kier alpha value is -2.28. The lowest BCUT2D eigenvalue weighted by atomic mass is 9.88. The van der Waals surface area contributed by atoms with Crippen molar-refractivity contribution in [3.05, 3.63) is 56.3 Å². The van der Waals surface area contributed by atoms with Gasteiger partial charge in [-0.05, 0) is 25.0 Å².